The van der Waals surface area contributed by atoms with Crippen LogP contribution in [0.15, 0.2) is 24.4 Å². The predicted octanol–water partition coefficient (Wildman–Crippen LogP) is 0.647. The molecule has 0 saturated heterocycles. The van der Waals surface area contributed by atoms with Crippen molar-refractivity contribution in [2.45, 2.75) is 26.2 Å². The maximum atomic E-state index is 11.6. The normalized spacial score (nSPS) is 14.2. The molecule has 0 aromatic carbocycles. The number of fused-ring (bicyclic) bond motifs is 1. The zero-order chi connectivity index (χ0) is 17.1. The number of nitrogens with one attached hydrogen (secondary N) is 1. The smallest absolute Gasteiger partial charge is 0.317 e. The van der Waals surface area contributed by atoms with Crippen molar-refractivity contribution in [3.63, 3.8) is 0 Å². The van der Waals surface area contributed by atoms with Crippen LogP contribution in [0.2, 0.25) is 0 Å². The molecule has 2 amide bonds. The summed E-state index contributed by atoms with van der Waals surface area (Å²) in [5.74, 6) is 0.587. The van der Waals surface area contributed by atoms with Crippen molar-refractivity contribution in [3.05, 3.63) is 41.3 Å². The molecule has 0 unspecified atom stereocenters. The SMILES string of the molecule is CN(C)C(=O)NCc1cc2n(n1)CCN(Cc1cccnc1N)C2. The van der Waals surface area contributed by atoms with E-state index in [1.54, 1.807) is 20.3 Å². The summed E-state index contributed by atoms with van der Waals surface area (Å²) in [5, 5.41) is 7.40. The monoisotopic (exact) mass is 329 g/mol. The molecular weight excluding hydrogens is 306 g/mol. The average molecular weight is 329 g/mol. The van der Waals surface area contributed by atoms with E-state index in [2.05, 4.69) is 26.4 Å². The van der Waals surface area contributed by atoms with E-state index >= 15 is 0 Å². The largest absolute Gasteiger partial charge is 0.383 e. The molecule has 1 aliphatic heterocycles. The van der Waals surface area contributed by atoms with Gasteiger partial charge in [-0.25, -0.2) is 9.78 Å². The molecule has 24 heavy (non-hydrogen) atoms. The molecule has 0 spiro atoms. The number of carbonyl (C=O) groups excluding carboxylic acids is 1. The first-order chi connectivity index (χ1) is 11.5. The second-order valence-electron chi connectivity index (χ2n) is 6.16. The number of hydrogen-bond acceptors (Lipinski definition) is 5. The Morgan fingerprint density at radius 1 is 1.42 bits per heavy atom. The molecule has 0 fully saturated rings. The van der Waals surface area contributed by atoms with Gasteiger partial charge in [0, 0.05) is 45.5 Å². The van der Waals surface area contributed by atoms with Gasteiger partial charge in [-0.05, 0) is 12.1 Å². The summed E-state index contributed by atoms with van der Waals surface area (Å²) in [4.78, 5) is 19.6. The molecule has 0 bridgehead atoms. The van der Waals surface area contributed by atoms with Gasteiger partial charge in [0.25, 0.3) is 0 Å². The molecule has 0 aliphatic carbocycles. The minimum atomic E-state index is -0.116. The van der Waals surface area contributed by atoms with Crippen LogP contribution in [-0.4, -0.2) is 51.2 Å². The highest BCUT2D eigenvalue weighted by molar-refractivity contribution is 5.73. The van der Waals surface area contributed by atoms with Crippen molar-refractivity contribution in [2.75, 3.05) is 26.4 Å². The van der Waals surface area contributed by atoms with E-state index in [1.165, 1.54) is 4.90 Å². The van der Waals surface area contributed by atoms with Gasteiger partial charge < -0.3 is 16.0 Å². The van der Waals surface area contributed by atoms with E-state index < -0.39 is 0 Å². The predicted molar refractivity (Wildman–Crippen MR) is 90.9 cm³/mol. The van der Waals surface area contributed by atoms with E-state index in [4.69, 9.17) is 5.73 Å². The van der Waals surface area contributed by atoms with Gasteiger partial charge in [-0.3, -0.25) is 9.58 Å². The van der Waals surface area contributed by atoms with Crippen LogP contribution in [-0.2, 0) is 26.2 Å². The Balaban J connectivity index is 1.62. The lowest BCUT2D eigenvalue weighted by Gasteiger charge is -2.27. The number of pyridine rings is 1. The molecule has 0 radical (unpaired) electrons. The van der Waals surface area contributed by atoms with Gasteiger partial charge in [-0.1, -0.05) is 6.07 Å². The Morgan fingerprint density at radius 3 is 3.00 bits per heavy atom. The summed E-state index contributed by atoms with van der Waals surface area (Å²) in [6, 6.07) is 5.85. The van der Waals surface area contributed by atoms with Crippen molar-refractivity contribution in [1.29, 1.82) is 0 Å². The van der Waals surface area contributed by atoms with Gasteiger partial charge in [-0.15, -0.1) is 0 Å². The van der Waals surface area contributed by atoms with Crippen LogP contribution in [0.5, 0.6) is 0 Å². The molecular formula is C16H23N7O. The number of hydrogen-bond donors (Lipinski definition) is 2. The molecule has 128 valence electrons. The number of nitrogens with zero attached hydrogens (tertiary/aromatic N) is 5. The number of carbonyl (C=O) groups is 1. The Morgan fingerprint density at radius 2 is 2.25 bits per heavy atom. The van der Waals surface area contributed by atoms with Crippen molar-refractivity contribution in [2.24, 2.45) is 0 Å². The third-order valence-corrected chi connectivity index (χ3v) is 4.07. The van der Waals surface area contributed by atoms with Crippen molar-refractivity contribution >= 4 is 11.8 Å². The zero-order valence-corrected chi connectivity index (χ0v) is 14.1. The quantitative estimate of drug-likeness (QED) is 0.859. The summed E-state index contributed by atoms with van der Waals surface area (Å²) in [7, 11) is 3.44. The van der Waals surface area contributed by atoms with Gasteiger partial charge in [0.1, 0.15) is 5.82 Å². The minimum Gasteiger partial charge on any atom is -0.383 e. The minimum absolute atomic E-state index is 0.116. The summed E-state index contributed by atoms with van der Waals surface area (Å²) in [6.45, 7) is 3.76. The lowest BCUT2D eigenvalue weighted by atomic mass is 10.2. The molecule has 8 heteroatoms. The number of anilines is 1. The van der Waals surface area contributed by atoms with E-state index in [1.807, 2.05) is 16.8 Å². The van der Waals surface area contributed by atoms with Crippen molar-refractivity contribution in [1.82, 2.24) is 29.9 Å². The summed E-state index contributed by atoms with van der Waals surface area (Å²) in [6.07, 6.45) is 1.71. The van der Waals surface area contributed by atoms with Gasteiger partial charge >= 0.3 is 6.03 Å². The lowest BCUT2D eigenvalue weighted by molar-refractivity contribution is 0.205. The first-order valence-corrected chi connectivity index (χ1v) is 7.95. The zero-order valence-electron chi connectivity index (χ0n) is 14.1. The first kappa shape index (κ1) is 16.3. The Kier molecular flexibility index (Phi) is 4.66. The van der Waals surface area contributed by atoms with Gasteiger partial charge in [0.2, 0.25) is 0 Å². The third-order valence-electron chi connectivity index (χ3n) is 4.07. The van der Waals surface area contributed by atoms with Crippen LogP contribution in [0.1, 0.15) is 17.0 Å². The molecule has 3 N–H and O–H groups in total. The Labute approximate surface area is 141 Å². The fourth-order valence-electron chi connectivity index (χ4n) is 2.75. The number of nitrogen functional groups attached to an aromatic ring is 1. The van der Waals surface area contributed by atoms with Gasteiger partial charge in [-0.2, -0.15) is 5.10 Å². The van der Waals surface area contributed by atoms with E-state index in [9.17, 15) is 4.79 Å². The molecule has 0 saturated carbocycles. The second kappa shape index (κ2) is 6.88. The van der Waals surface area contributed by atoms with E-state index in [0.29, 0.717) is 12.4 Å². The van der Waals surface area contributed by atoms with Crippen LogP contribution in [0, 0.1) is 0 Å². The molecule has 1 aliphatic rings. The summed E-state index contributed by atoms with van der Waals surface area (Å²) < 4.78 is 2.01. The molecule has 3 heterocycles. The van der Waals surface area contributed by atoms with Crippen LogP contribution in [0.4, 0.5) is 10.6 Å². The molecule has 2 aromatic heterocycles. The topological polar surface area (TPSA) is 92.3 Å². The van der Waals surface area contributed by atoms with Gasteiger partial charge in [0.05, 0.1) is 24.5 Å². The maximum Gasteiger partial charge on any atom is 0.317 e. The van der Waals surface area contributed by atoms with E-state index in [0.717, 1.165) is 43.1 Å². The van der Waals surface area contributed by atoms with Crippen LogP contribution in [0.25, 0.3) is 0 Å². The van der Waals surface area contributed by atoms with Crippen molar-refractivity contribution in [3.8, 4) is 0 Å². The number of aromatic nitrogens is 3. The average Bonchev–Trinajstić information content (AvgIpc) is 2.96. The standard InChI is InChI=1S/C16H23N7O/c1-21(2)16(24)19-9-13-8-14-11-22(6-7-23(14)20-13)10-12-4-3-5-18-15(12)17/h3-5,8H,6-7,9-11H2,1-2H3,(H2,17,18)(H,19,24). The second-order valence-corrected chi connectivity index (χ2v) is 6.16. The number of urea groups is 1. The number of nitrogens with two attached hydrogens (primary N) is 1. The molecule has 2 aromatic rings. The first-order valence-electron chi connectivity index (χ1n) is 7.95. The fraction of sp³-hybridized carbons (Fsp3) is 0.438. The molecule has 8 nitrogen and oxygen atoms in total. The van der Waals surface area contributed by atoms with Crippen molar-refractivity contribution < 1.29 is 4.79 Å². The van der Waals surface area contributed by atoms with Crippen LogP contribution >= 0.6 is 0 Å². The maximum absolute atomic E-state index is 11.6. The molecule has 3 rings (SSSR count). The van der Waals surface area contributed by atoms with Gasteiger partial charge in [0.15, 0.2) is 0 Å². The lowest BCUT2D eigenvalue weighted by Crippen LogP contribution is -2.34. The highest BCUT2D eigenvalue weighted by Crippen LogP contribution is 2.18. The summed E-state index contributed by atoms with van der Waals surface area (Å²) >= 11 is 0. The Hall–Kier alpha value is -2.61. The summed E-state index contributed by atoms with van der Waals surface area (Å²) in [5.41, 5.74) is 9.00. The number of rotatable bonds is 4. The van der Waals surface area contributed by atoms with E-state index in [-0.39, 0.29) is 6.03 Å². The highest BCUT2D eigenvalue weighted by Gasteiger charge is 2.19. The molecule has 0 atom stereocenters. The van der Waals surface area contributed by atoms with Crippen LogP contribution < -0.4 is 11.1 Å². The Bertz CT molecular complexity index is 725. The van der Waals surface area contributed by atoms with Crippen LogP contribution in [0.3, 0.4) is 0 Å². The third kappa shape index (κ3) is 3.65. The highest BCUT2D eigenvalue weighted by atomic mass is 16.2. The number of amides is 2. The fourth-order valence-corrected chi connectivity index (χ4v) is 2.75.